The molecule has 2 aliphatic heterocycles. The number of carbonyl (C=O) groups excluding carboxylic acids is 1. The molecule has 3 rings (SSSR count). The number of halogens is 3. The molecule has 0 spiro atoms. The third kappa shape index (κ3) is 7.36. The summed E-state index contributed by atoms with van der Waals surface area (Å²) in [6.45, 7) is 16.0. The number of nitrogens with one attached hydrogen (secondary N) is 1. The van der Waals surface area contributed by atoms with Crippen molar-refractivity contribution >= 4 is 5.91 Å². The number of benzene rings is 1. The number of aliphatic hydroxyl groups excluding tert-OH is 1. The quantitative estimate of drug-likeness (QED) is 0.352. The Morgan fingerprint density at radius 1 is 1.24 bits per heavy atom. The van der Waals surface area contributed by atoms with Crippen LogP contribution in [0.25, 0.3) is 0 Å². The molecule has 1 aromatic rings. The molecular formula is C30H42F3N3O2. The highest BCUT2D eigenvalue weighted by Gasteiger charge is 2.44. The van der Waals surface area contributed by atoms with E-state index in [4.69, 9.17) is 0 Å². The fraction of sp³-hybridized carbons (Fsp3) is 0.567. The summed E-state index contributed by atoms with van der Waals surface area (Å²) < 4.78 is 42.5. The van der Waals surface area contributed by atoms with Gasteiger partial charge in [-0.2, -0.15) is 0 Å². The lowest BCUT2D eigenvalue weighted by Gasteiger charge is -2.36. The molecule has 3 unspecified atom stereocenters. The number of aliphatic hydroxyl groups is 1. The first-order chi connectivity index (χ1) is 17.8. The van der Waals surface area contributed by atoms with E-state index in [1.807, 2.05) is 4.90 Å². The predicted octanol–water partition coefficient (Wildman–Crippen LogP) is 5.30. The molecule has 38 heavy (non-hydrogen) atoms. The molecule has 2 saturated heterocycles. The van der Waals surface area contributed by atoms with Crippen LogP contribution in [-0.4, -0.2) is 65.3 Å². The number of amides is 1. The van der Waals surface area contributed by atoms with Gasteiger partial charge in [-0.3, -0.25) is 15.0 Å². The van der Waals surface area contributed by atoms with Crippen LogP contribution >= 0.6 is 0 Å². The highest BCUT2D eigenvalue weighted by Crippen LogP contribution is 2.39. The van der Waals surface area contributed by atoms with Gasteiger partial charge < -0.3 is 10.0 Å². The second-order valence-electron chi connectivity index (χ2n) is 11.5. The van der Waals surface area contributed by atoms with E-state index in [0.717, 1.165) is 11.6 Å². The number of likely N-dealkylation sites (tertiary alicyclic amines) is 2. The van der Waals surface area contributed by atoms with Gasteiger partial charge in [0.05, 0.1) is 5.92 Å². The summed E-state index contributed by atoms with van der Waals surface area (Å²) in [6, 6.07) is 3.61. The zero-order valence-electron chi connectivity index (χ0n) is 23.2. The van der Waals surface area contributed by atoms with Crippen LogP contribution in [0.1, 0.15) is 58.9 Å². The van der Waals surface area contributed by atoms with Crippen molar-refractivity contribution in [2.75, 3.05) is 32.7 Å². The van der Waals surface area contributed by atoms with Crippen LogP contribution in [0.15, 0.2) is 53.9 Å². The molecule has 1 aromatic carbocycles. The summed E-state index contributed by atoms with van der Waals surface area (Å²) >= 11 is 0. The van der Waals surface area contributed by atoms with Crippen molar-refractivity contribution in [2.45, 2.75) is 65.1 Å². The topological polar surface area (TPSA) is 55.8 Å². The first-order valence-corrected chi connectivity index (χ1v) is 13.4. The van der Waals surface area contributed by atoms with E-state index in [1.165, 1.54) is 24.3 Å². The minimum absolute atomic E-state index is 0.0129. The Hall–Kier alpha value is -2.42. The van der Waals surface area contributed by atoms with Crippen LogP contribution in [0, 0.1) is 23.5 Å². The Kier molecular flexibility index (Phi) is 10.0. The zero-order chi connectivity index (χ0) is 28.2. The van der Waals surface area contributed by atoms with E-state index >= 15 is 0 Å². The Labute approximate surface area is 225 Å². The summed E-state index contributed by atoms with van der Waals surface area (Å²) in [7, 11) is 0. The van der Waals surface area contributed by atoms with Crippen molar-refractivity contribution in [1.29, 1.82) is 0 Å². The number of rotatable bonds is 8. The summed E-state index contributed by atoms with van der Waals surface area (Å²) in [5.74, 6) is -2.34. The second-order valence-corrected chi connectivity index (χ2v) is 11.5. The zero-order valence-corrected chi connectivity index (χ0v) is 23.2. The van der Waals surface area contributed by atoms with Gasteiger partial charge in [-0.05, 0) is 82.2 Å². The molecule has 2 heterocycles. The maximum absolute atomic E-state index is 14.8. The van der Waals surface area contributed by atoms with Crippen molar-refractivity contribution in [2.24, 2.45) is 11.8 Å². The molecule has 2 fully saturated rings. The Bertz CT molecular complexity index is 1070. The van der Waals surface area contributed by atoms with Crippen molar-refractivity contribution in [3.63, 3.8) is 0 Å². The maximum Gasteiger partial charge on any atom is 0.227 e. The molecule has 0 aliphatic carbocycles. The Morgan fingerprint density at radius 3 is 2.45 bits per heavy atom. The van der Waals surface area contributed by atoms with Gasteiger partial charge in [-0.25, -0.2) is 13.2 Å². The standard InChI is InChI=1S/C30H42F3N3O2/c1-7-23(31)14-22(16-34-20(3)37)19(2)21-10-12-35(13-11-21)29(38)27-18-36(30(4,5)6)17-26(27)25-9-8-24(32)15-28(25)33/h7-9,14-15,20-21,26-27,34,37H,2,10-13,16-18H2,1,3-6H3/b22-14-,23-7+. The van der Waals surface area contributed by atoms with E-state index in [0.29, 0.717) is 50.2 Å². The maximum atomic E-state index is 14.8. The monoisotopic (exact) mass is 533 g/mol. The average molecular weight is 534 g/mol. The third-order valence-corrected chi connectivity index (χ3v) is 7.84. The predicted molar refractivity (Wildman–Crippen MR) is 145 cm³/mol. The van der Waals surface area contributed by atoms with Crippen molar-refractivity contribution < 1.29 is 23.1 Å². The van der Waals surface area contributed by atoms with Gasteiger partial charge in [0.2, 0.25) is 5.91 Å². The second kappa shape index (κ2) is 12.6. The Balaban J connectivity index is 1.74. The summed E-state index contributed by atoms with van der Waals surface area (Å²) in [5, 5.41) is 12.5. The lowest BCUT2D eigenvalue weighted by molar-refractivity contribution is -0.136. The molecule has 210 valence electrons. The summed E-state index contributed by atoms with van der Waals surface area (Å²) in [4.78, 5) is 17.8. The van der Waals surface area contributed by atoms with E-state index < -0.39 is 23.8 Å². The molecule has 3 atom stereocenters. The minimum atomic E-state index is -0.739. The number of carbonyl (C=O) groups is 1. The third-order valence-electron chi connectivity index (χ3n) is 7.84. The van der Waals surface area contributed by atoms with Crippen LogP contribution in [0.2, 0.25) is 0 Å². The van der Waals surface area contributed by atoms with Gasteiger partial charge >= 0.3 is 0 Å². The van der Waals surface area contributed by atoms with Gasteiger partial charge in [0.1, 0.15) is 23.7 Å². The van der Waals surface area contributed by atoms with Gasteiger partial charge in [-0.1, -0.05) is 18.7 Å². The van der Waals surface area contributed by atoms with Gasteiger partial charge in [-0.15, -0.1) is 0 Å². The smallest absolute Gasteiger partial charge is 0.227 e. The minimum Gasteiger partial charge on any atom is -0.379 e. The van der Waals surface area contributed by atoms with Crippen LogP contribution in [-0.2, 0) is 4.79 Å². The SMILES string of the molecule is C=C(/C(=C\C(F)=C/C)CNC(C)O)C1CCN(C(=O)C2CN(C(C)(C)C)CC2c2ccc(F)cc2F)CC1. The molecule has 0 saturated carbocycles. The molecule has 2 N–H and O–H groups in total. The average Bonchev–Trinajstić information content (AvgIpc) is 3.31. The van der Waals surface area contributed by atoms with E-state index in [-0.39, 0.29) is 35.7 Å². The van der Waals surface area contributed by atoms with Crippen LogP contribution in [0.4, 0.5) is 13.2 Å². The lowest BCUT2D eigenvalue weighted by Crippen LogP contribution is -2.45. The van der Waals surface area contributed by atoms with E-state index in [9.17, 15) is 23.1 Å². The first kappa shape index (κ1) is 30.1. The van der Waals surface area contributed by atoms with Crippen molar-refractivity contribution in [3.8, 4) is 0 Å². The van der Waals surface area contributed by atoms with Crippen LogP contribution < -0.4 is 5.32 Å². The van der Waals surface area contributed by atoms with Gasteiger partial charge in [0.15, 0.2) is 0 Å². The lowest BCUT2D eigenvalue weighted by atomic mass is 9.83. The Morgan fingerprint density at radius 2 is 1.89 bits per heavy atom. The van der Waals surface area contributed by atoms with Crippen molar-refractivity contribution in [3.05, 3.63) is 71.1 Å². The first-order valence-electron chi connectivity index (χ1n) is 13.4. The molecule has 0 bridgehead atoms. The largest absolute Gasteiger partial charge is 0.379 e. The molecule has 2 aliphatic rings. The molecule has 5 nitrogen and oxygen atoms in total. The number of piperidine rings is 1. The number of hydrogen-bond donors (Lipinski definition) is 2. The molecular weight excluding hydrogens is 491 g/mol. The van der Waals surface area contributed by atoms with E-state index in [2.05, 4.69) is 37.6 Å². The molecule has 8 heteroatoms. The number of allylic oxidation sites excluding steroid dienone is 3. The molecule has 0 radical (unpaired) electrons. The highest BCUT2D eigenvalue weighted by molar-refractivity contribution is 5.81. The van der Waals surface area contributed by atoms with Crippen LogP contribution in [0.3, 0.4) is 0 Å². The fourth-order valence-electron chi connectivity index (χ4n) is 5.43. The fourth-order valence-corrected chi connectivity index (χ4v) is 5.43. The van der Waals surface area contributed by atoms with Gasteiger partial charge in [0, 0.05) is 50.2 Å². The number of nitrogens with zero attached hydrogens (tertiary/aromatic N) is 2. The van der Waals surface area contributed by atoms with E-state index in [1.54, 1.807) is 13.8 Å². The highest BCUT2D eigenvalue weighted by atomic mass is 19.1. The molecule has 1 amide bonds. The van der Waals surface area contributed by atoms with Crippen LogP contribution in [0.5, 0.6) is 0 Å². The summed E-state index contributed by atoms with van der Waals surface area (Å²) in [5.41, 5.74) is 1.67. The normalized spacial score (nSPS) is 23.1. The number of hydrogen-bond acceptors (Lipinski definition) is 4. The van der Waals surface area contributed by atoms with Crippen molar-refractivity contribution in [1.82, 2.24) is 15.1 Å². The summed E-state index contributed by atoms with van der Waals surface area (Å²) in [6.07, 6.45) is 3.44. The van der Waals surface area contributed by atoms with Gasteiger partial charge in [0.25, 0.3) is 0 Å². The molecule has 0 aromatic heterocycles.